The average molecular weight is 330 g/mol. The van der Waals surface area contributed by atoms with Crippen molar-refractivity contribution in [1.82, 2.24) is 16.0 Å². The summed E-state index contributed by atoms with van der Waals surface area (Å²) in [6, 6.07) is -3.33. The van der Waals surface area contributed by atoms with Crippen LogP contribution in [-0.2, 0) is 19.2 Å². The molecule has 10 heteroatoms. The highest BCUT2D eigenvalue weighted by atomic mass is 16.4. The Bertz CT molecular complexity index is 475. The van der Waals surface area contributed by atoms with Gasteiger partial charge in [0, 0.05) is 0 Å². The van der Waals surface area contributed by atoms with Crippen LogP contribution in [0.5, 0.6) is 0 Å². The molecule has 1 fully saturated rings. The monoisotopic (exact) mass is 330 g/mol. The Morgan fingerprint density at radius 2 is 1.96 bits per heavy atom. The zero-order valence-electron chi connectivity index (χ0n) is 12.7. The molecule has 0 aliphatic carbocycles. The molecule has 3 amide bonds. The van der Waals surface area contributed by atoms with Crippen LogP contribution in [0.15, 0.2) is 0 Å². The summed E-state index contributed by atoms with van der Waals surface area (Å²) in [6.45, 7) is 1.87. The molecule has 0 aromatic rings. The molecule has 23 heavy (non-hydrogen) atoms. The normalized spacial score (nSPS) is 21.0. The lowest BCUT2D eigenvalue weighted by Gasteiger charge is -2.23. The summed E-state index contributed by atoms with van der Waals surface area (Å²) in [5, 5.41) is 25.7. The summed E-state index contributed by atoms with van der Waals surface area (Å²) >= 11 is 0. The third kappa shape index (κ3) is 5.83. The van der Waals surface area contributed by atoms with E-state index in [1.165, 1.54) is 6.92 Å². The molecule has 10 nitrogen and oxygen atoms in total. The van der Waals surface area contributed by atoms with Crippen molar-refractivity contribution in [3.8, 4) is 0 Å². The van der Waals surface area contributed by atoms with Gasteiger partial charge in [-0.15, -0.1) is 0 Å². The molecule has 1 saturated heterocycles. The summed E-state index contributed by atoms with van der Waals surface area (Å²) in [4.78, 5) is 46.2. The maximum Gasteiger partial charge on any atom is 0.328 e. The van der Waals surface area contributed by atoms with E-state index < -0.39 is 54.3 Å². The Kier molecular flexibility index (Phi) is 6.91. The van der Waals surface area contributed by atoms with Crippen LogP contribution in [0.3, 0.4) is 0 Å². The van der Waals surface area contributed by atoms with Crippen molar-refractivity contribution in [3.05, 3.63) is 0 Å². The van der Waals surface area contributed by atoms with E-state index in [0.29, 0.717) is 13.0 Å². The third-order valence-electron chi connectivity index (χ3n) is 3.46. The van der Waals surface area contributed by atoms with Crippen LogP contribution in [0, 0.1) is 0 Å². The van der Waals surface area contributed by atoms with Crippen molar-refractivity contribution in [1.29, 1.82) is 0 Å². The van der Waals surface area contributed by atoms with Gasteiger partial charge in [0.25, 0.3) is 0 Å². The Morgan fingerprint density at radius 1 is 1.30 bits per heavy atom. The molecule has 0 saturated carbocycles. The minimum absolute atomic E-state index is 0.465. The second-order valence-electron chi connectivity index (χ2n) is 5.45. The molecule has 4 unspecified atom stereocenters. The molecule has 1 rings (SSSR count). The standard InChI is InChI=1S/C13H22N4O6/c1-6(18)10(13(22)23)17-12(21)8(5-9(14)19)16-11(20)7-3-2-4-15-7/h6-8,10,15,18H,2-5H2,1H3,(H2,14,19)(H,16,20)(H,17,21)(H,22,23). The lowest BCUT2D eigenvalue weighted by molar-refractivity contribution is -0.145. The van der Waals surface area contributed by atoms with Crippen molar-refractivity contribution in [2.24, 2.45) is 5.73 Å². The first-order valence-electron chi connectivity index (χ1n) is 7.25. The Morgan fingerprint density at radius 3 is 2.39 bits per heavy atom. The summed E-state index contributed by atoms with van der Waals surface area (Å²) in [7, 11) is 0. The summed E-state index contributed by atoms with van der Waals surface area (Å²) in [5.74, 6) is -3.63. The molecular formula is C13H22N4O6. The number of nitrogens with one attached hydrogen (secondary N) is 3. The highest BCUT2D eigenvalue weighted by Crippen LogP contribution is 2.06. The first-order chi connectivity index (χ1) is 10.7. The number of aliphatic hydroxyl groups is 1. The van der Waals surface area contributed by atoms with Crippen LogP contribution in [-0.4, -0.2) is 64.7 Å². The molecule has 1 aliphatic rings. The van der Waals surface area contributed by atoms with Gasteiger partial charge in [-0.1, -0.05) is 0 Å². The molecule has 0 aromatic carbocycles. The molecule has 1 aliphatic heterocycles. The van der Waals surface area contributed by atoms with Crippen LogP contribution < -0.4 is 21.7 Å². The largest absolute Gasteiger partial charge is 0.480 e. The van der Waals surface area contributed by atoms with E-state index in [4.69, 9.17) is 10.8 Å². The zero-order valence-corrected chi connectivity index (χ0v) is 12.7. The van der Waals surface area contributed by atoms with Gasteiger partial charge in [-0.2, -0.15) is 0 Å². The van der Waals surface area contributed by atoms with Crippen LogP contribution in [0.1, 0.15) is 26.2 Å². The second-order valence-corrected chi connectivity index (χ2v) is 5.45. The van der Waals surface area contributed by atoms with Gasteiger partial charge in [-0.05, 0) is 26.3 Å². The Labute approximate surface area is 132 Å². The SMILES string of the molecule is CC(O)C(NC(=O)C(CC(N)=O)NC(=O)C1CCCN1)C(=O)O. The van der Waals surface area contributed by atoms with Gasteiger partial charge in [0.1, 0.15) is 6.04 Å². The number of carboxylic acids is 1. The number of hydrogen-bond acceptors (Lipinski definition) is 6. The summed E-state index contributed by atoms with van der Waals surface area (Å²) in [6.07, 6.45) is -0.412. The highest BCUT2D eigenvalue weighted by molar-refractivity contribution is 5.94. The number of aliphatic carboxylic acids is 1. The maximum absolute atomic E-state index is 12.1. The minimum Gasteiger partial charge on any atom is -0.480 e. The zero-order chi connectivity index (χ0) is 17.6. The van der Waals surface area contributed by atoms with E-state index >= 15 is 0 Å². The second kappa shape index (κ2) is 8.44. The molecule has 0 bridgehead atoms. The number of nitrogens with two attached hydrogens (primary N) is 1. The Hall–Kier alpha value is -2.20. The van der Waals surface area contributed by atoms with Crippen molar-refractivity contribution in [3.63, 3.8) is 0 Å². The van der Waals surface area contributed by atoms with E-state index in [9.17, 15) is 24.3 Å². The lowest BCUT2D eigenvalue weighted by Crippen LogP contribution is -2.57. The van der Waals surface area contributed by atoms with E-state index in [1.54, 1.807) is 0 Å². The van der Waals surface area contributed by atoms with E-state index in [1.807, 2.05) is 0 Å². The van der Waals surface area contributed by atoms with Crippen molar-refractivity contribution in [2.45, 2.75) is 50.4 Å². The van der Waals surface area contributed by atoms with Crippen LogP contribution >= 0.6 is 0 Å². The number of primary amides is 1. The number of rotatable bonds is 8. The Balaban J connectivity index is 2.75. The number of amides is 3. The predicted octanol–water partition coefficient (Wildman–Crippen LogP) is -2.95. The van der Waals surface area contributed by atoms with Gasteiger partial charge >= 0.3 is 5.97 Å². The molecule has 7 N–H and O–H groups in total. The van der Waals surface area contributed by atoms with E-state index in [-0.39, 0.29) is 0 Å². The maximum atomic E-state index is 12.1. The number of carbonyl (C=O) groups is 4. The van der Waals surface area contributed by atoms with E-state index in [2.05, 4.69) is 16.0 Å². The molecule has 0 spiro atoms. The van der Waals surface area contributed by atoms with Crippen molar-refractivity contribution in [2.75, 3.05) is 6.54 Å². The fourth-order valence-electron chi connectivity index (χ4n) is 2.23. The van der Waals surface area contributed by atoms with Gasteiger partial charge in [0.05, 0.1) is 18.6 Å². The fraction of sp³-hybridized carbons (Fsp3) is 0.692. The summed E-state index contributed by atoms with van der Waals surface area (Å²) in [5.41, 5.74) is 5.06. The quantitative estimate of drug-likeness (QED) is 0.276. The minimum atomic E-state index is -1.56. The number of aliphatic hydroxyl groups excluding tert-OH is 1. The van der Waals surface area contributed by atoms with Crippen molar-refractivity contribution >= 4 is 23.7 Å². The van der Waals surface area contributed by atoms with Gasteiger partial charge in [0.15, 0.2) is 6.04 Å². The smallest absolute Gasteiger partial charge is 0.328 e. The number of carboxylic acid groups (broad SMARTS) is 1. The average Bonchev–Trinajstić information content (AvgIpc) is 2.96. The molecular weight excluding hydrogens is 308 g/mol. The van der Waals surface area contributed by atoms with Gasteiger partial charge < -0.3 is 31.9 Å². The van der Waals surface area contributed by atoms with Crippen LogP contribution in [0.2, 0.25) is 0 Å². The van der Waals surface area contributed by atoms with Crippen LogP contribution in [0.25, 0.3) is 0 Å². The highest BCUT2D eigenvalue weighted by Gasteiger charge is 2.32. The molecule has 130 valence electrons. The van der Waals surface area contributed by atoms with Gasteiger partial charge in [-0.25, -0.2) is 4.79 Å². The van der Waals surface area contributed by atoms with Crippen LogP contribution in [0.4, 0.5) is 0 Å². The third-order valence-corrected chi connectivity index (χ3v) is 3.46. The first kappa shape index (κ1) is 18.8. The van der Waals surface area contributed by atoms with Gasteiger partial charge in [0.2, 0.25) is 17.7 Å². The first-order valence-corrected chi connectivity index (χ1v) is 7.25. The van der Waals surface area contributed by atoms with E-state index in [0.717, 1.165) is 6.42 Å². The molecule has 1 heterocycles. The fourth-order valence-corrected chi connectivity index (χ4v) is 2.23. The van der Waals surface area contributed by atoms with Crippen molar-refractivity contribution < 1.29 is 29.4 Å². The van der Waals surface area contributed by atoms with Gasteiger partial charge in [-0.3, -0.25) is 14.4 Å². The summed E-state index contributed by atoms with van der Waals surface area (Å²) < 4.78 is 0. The lowest BCUT2D eigenvalue weighted by atomic mass is 10.1. The topological polar surface area (TPSA) is 171 Å². The molecule has 0 aromatic heterocycles. The number of carbonyl (C=O) groups excluding carboxylic acids is 3. The molecule has 4 atom stereocenters. The number of hydrogen-bond donors (Lipinski definition) is 6. The molecule has 0 radical (unpaired) electrons. The predicted molar refractivity (Wildman–Crippen MR) is 78.0 cm³/mol.